The first kappa shape index (κ1) is 16.2. The van der Waals surface area contributed by atoms with E-state index in [2.05, 4.69) is 33.0 Å². The molecular formula is C15H31NOS. The van der Waals surface area contributed by atoms with Crippen LogP contribution in [-0.2, 0) is 10.8 Å². The molecule has 0 aromatic carbocycles. The van der Waals surface area contributed by atoms with E-state index in [4.69, 9.17) is 0 Å². The molecule has 1 N–H and O–H groups in total. The van der Waals surface area contributed by atoms with Crippen LogP contribution in [0.3, 0.4) is 0 Å². The highest BCUT2D eigenvalue weighted by Gasteiger charge is 2.30. The summed E-state index contributed by atoms with van der Waals surface area (Å²) in [7, 11) is -0.681. The molecule has 0 heterocycles. The van der Waals surface area contributed by atoms with Crippen molar-refractivity contribution in [1.29, 1.82) is 0 Å². The summed E-state index contributed by atoms with van der Waals surface area (Å²) in [5, 5.41) is 4.05. The van der Waals surface area contributed by atoms with Gasteiger partial charge in [0.25, 0.3) is 0 Å². The molecule has 0 amide bonds. The summed E-state index contributed by atoms with van der Waals surface area (Å²) in [4.78, 5) is 0. The quantitative estimate of drug-likeness (QED) is 0.805. The Bertz CT molecular complexity index is 267. The van der Waals surface area contributed by atoms with Crippen LogP contribution in [0.2, 0.25) is 0 Å². The second-order valence-corrected chi connectivity index (χ2v) is 8.29. The first-order valence-electron chi connectivity index (χ1n) is 7.47. The Morgan fingerprint density at radius 3 is 2.50 bits per heavy atom. The maximum absolute atomic E-state index is 11.3. The first-order chi connectivity index (χ1) is 8.41. The van der Waals surface area contributed by atoms with Crippen LogP contribution < -0.4 is 5.32 Å². The van der Waals surface area contributed by atoms with Crippen LogP contribution in [0.4, 0.5) is 0 Å². The van der Waals surface area contributed by atoms with Crippen molar-refractivity contribution in [2.24, 2.45) is 17.8 Å². The van der Waals surface area contributed by atoms with Gasteiger partial charge in [-0.25, -0.2) is 0 Å². The van der Waals surface area contributed by atoms with Crippen molar-refractivity contribution in [2.75, 3.05) is 12.8 Å². The van der Waals surface area contributed by atoms with Gasteiger partial charge in [0, 0.05) is 28.3 Å². The minimum absolute atomic E-state index is 0.316. The average Bonchev–Trinajstić information content (AvgIpc) is 2.28. The summed E-state index contributed by atoms with van der Waals surface area (Å²) in [6, 6.07) is 0.672. The van der Waals surface area contributed by atoms with Gasteiger partial charge in [-0.05, 0) is 43.6 Å². The predicted molar refractivity (Wildman–Crippen MR) is 81.3 cm³/mol. The molecule has 0 radical (unpaired) electrons. The molecule has 1 saturated carbocycles. The summed E-state index contributed by atoms with van der Waals surface area (Å²) < 4.78 is 11.3. The van der Waals surface area contributed by atoms with E-state index in [0.29, 0.717) is 11.3 Å². The molecule has 108 valence electrons. The van der Waals surface area contributed by atoms with Crippen LogP contribution in [0.15, 0.2) is 0 Å². The average molecular weight is 273 g/mol. The third kappa shape index (κ3) is 5.00. The van der Waals surface area contributed by atoms with Gasteiger partial charge in [-0.2, -0.15) is 0 Å². The van der Waals surface area contributed by atoms with E-state index < -0.39 is 10.8 Å². The Morgan fingerprint density at radius 1 is 1.28 bits per heavy atom. The SMILES string of the molecule is CC1CCC(C(C)C)C(NCCC(C)S(C)=O)C1. The third-order valence-electron chi connectivity index (χ3n) is 4.55. The molecule has 0 aliphatic heterocycles. The molecule has 18 heavy (non-hydrogen) atoms. The van der Waals surface area contributed by atoms with Gasteiger partial charge in [-0.15, -0.1) is 0 Å². The van der Waals surface area contributed by atoms with E-state index in [0.717, 1.165) is 30.7 Å². The number of rotatable bonds is 6. The molecule has 2 nitrogen and oxygen atoms in total. The Labute approximate surface area is 116 Å². The van der Waals surface area contributed by atoms with E-state index in [1.54, 1.807) is 0 Å². The molecule has 0 saturated heterocycles. The van der Waals surface area contributed by atoms with E-state index in [-0.39, 0.29) is 0 Å². The zero-order valence-electron chi connectivity index (χ0n) is 12.7. The van der Waals surface area contributed by atoms with Crippen LogP contribution in [-0.4, -0.2) is 28.3 Å². The molecule has 3 heteroatoms. The maximum Gasteiger partial charge on any atom is 0.0329 e. The predicted octanol–water partition coefficient (Wildman–Crippen LogP) is 3.19. The van der Waals surface area contributed by atoms with Crippen molar-refractivity contribution in [2.45, 2.75) is 64.7 Å². The van der Waals surface area contributed by atoms with Crippen LogP contribution in [0.1, 0.15) is 53.4 Å². The number of nitrogens with one attached hydrogen (secondary N) is 1. The largest absolute Gasteiger partial charge is 0.314 e. The van der Waals surface area contributed by atoms with Crippen LogP contribution in [0.5, 0.6) is 0 Å². The summed E-state index contributed by atoms with van der Waals surface area (Å²) in [6.07, 6.45) is 6.90. The van der Waals surface area contributed by atoms with Gasteiger partial charge in [-0.3, -0.25) is 4.21 Å². The lowest BCUT2D eigenvalue weighted by molar-refractivity contribution is 0.170. The van der Waals surface area contributed by atoms with Gasteiger partial charge in [0.15, 0.2) is 0 Å². The molecule has 1 rings (SSSR count). The monoisotopic (exact) mass is 273 g/mol. The second-order valence-electron chi connectivity index (χ2n) is 6.48. The van der Waals surface area contributed by atoms with E-state index in [1.807, 2.05) is 6.26 Å². The smallest absolute Gasteiger partial charge is 0.0329 e. The van der Waals surface area contributed by atoms with Crippen LogP contribution >= 0.6 is 0 Å². The highest BCUT2D eigenvalue weighted by molar-refractivity contribution is 7.84. The molecule has 1 fully saturated rings. The first-order valence-corrected chi connectivity index (χ1v) is 9.09. The molecule has 0 spiro atoms. The summed E-state index contributed by atoms with van der Waals surface area (Å²) in [5.41, 5.74) is 0. The van der Waals surface area contributed by atoms with Gasteiger partial charge in [0.2, 0.25) is 0 Å². The highest BCUT2D eigenvalue weighted by atomic mass is 32.2. The van der Waals surface area contributed by atoms with E-state index in [9.17, 15) is 4.21 Å². The lowest BCUT2D eigenvalue weighted by Crippen LogP contribution is -2.43. The summed E-state index contributed by atoms with van der Waals surface area (Å²) >= 11 is 0. The Balaban J connectivity index is 2.39. The molecule has 1 aliphatic rings. The molecule has 0 bridgehead atoms. The molecule has 5 unspecified atom stereocenters. The van der Waals surface area contributed by atoms with Crippen molar-refractivity contribution in [3.05, 3.63) is 0 Å². The summed E-state index contributed by atoms with van der Waals surface area (Å²) in [5.74, 6) is 2.45. The minimum atomic E-state index is -0.681. The van der Waals surface area contributed by atoms with Gasteiger partial charge in [-0.1, -0.05) is 34.1 Å². The van der Waals surface area contributed by atoms with Crippen molar-refractivity contribution >= 4 is 10.8 Å². The lowest BCUT2D eigenvalue weighted by atomic mass is 9.74. The Hall–Kier alpha value is 0.110. The van der Waals surface area contributed by atoms with Gasteiger partial charge < -0.3 is 5.32 Å². The lowest BCUT2D eigenvalue weighted by Gasteiger charge is -2.38. The van der Waals surface area contributed by atoms with E-state index >= 15 is 0 Å². The molecule has 1 aliphatic carbocycles. The fourth-order valence-electron chi connectivity index (χ4n) is 3.07. The van der Waals surface area contributed by atoms with Crippen molar-refractivity contribution in [3.8, 4) is 0 Å². The Kier molecular flexibility index (Phi) is 6.86. The van der Waals surface area contributed by atoms with Crippen LogP contribution in [0.25, 0.3) is 0 Å². The normalized spacial score (nSPS) is 32.4. The van der Waals surface area contributed by atoms with Crippen molar-refractivity contribution < 1.29 is 4.21 Å². The molecule has 5 atom stereocenters. The summed E-state index contributed by atoms with van der Waals surface area (Å²) in [6.45, 7) is 10.2. The zero-order valence-corrected chi connectivity index (χ0v) is 13.6. The van der Waals surface area contributed by atoms with Crippen LogP contribution in [0, 0.1) is 17.8 Å². The fourth-order valence-corrected chi connectivity index (χ4v) is 3.52. The van der Waals surface area contributed by atoms with Gasteiger partial charge in [0.1, 0.15) is 0 Å². The standard InChI is InChI=1S/C15H31NOS/c1-11(2)14-7-6-12(3)10-15(14)16-9-8-13(4)18(5)17/h11-16H,6-10H2,1-5H3. The van der Waals surface area contributed by atoms with Crippen molar-refractivity contribution in [1.82, 2.24) is 5.32 Å². The highest BCUT2D eigenvalue weighted by Crippen LogP contribution is 2.33. The fraction of sp³-hybridized carbons (Fsp3) is 1.00. The van der Waals surface area contributed by atoms with E-state index in [1.165, 1.54) is 19.3 Å². The maximum atomic E-state index is 11.3. The third-order valence-corrected chi connectivity index (χ3v) is 5.92. The topological polar surface area (TPSA) is 29.1 Å². The minimum Gasteiger partial charge on any atom is -0.314 e. The Morgan fingerprint density at radius 2 is 1.94 bits per heavy atom. The molecule has 0 aromatic rings. The van der Waals surface area contributed by atoms with Gasteiger partial charge in [0.05, 0.1) is 0 Å². The number of hydrogen-bond donors (Lipinski definition) is 1. The zero-order chi connectivity index (χ0) is 13.7. The van der Waals surface area contributed by atoms with Crippen molar-refractivity contribution in [3.63, 3.8) is 0 Å². The molecular weight excluding hydrogens is 242 g/mol. The molecule has 0 aromatic heterocycles. The second kappa shape index (κ2) is 7.64. The number of hydrogen-bond acceptors (Lipinski definition) is 2. The van der Waals surface area contributed by atoms with Gasteiger partial charge >= 0.3 is 0 Å².